The van der Waals surface area contributed by atoms with Crippen LogP contribution in [0.2, 0.25) is 0 Å². The predicted molar refractivity (Wildman–Crippen MR) is 72.7 cm³/mol. The van der Waals surface area contributed by atoms with Gasteiger partial charge < -0.3 is 18.9 Å². The van der Waals surface area contributed by atoms with Gasteiger partial charge >= 0.3 is 6.09 Å². The summed E-state index contributed by atoms with van der Waals surface area (Å²) < 4.78 is 20.8. The molecule has 21 heavy (non-hydrogen) atoms. The van der Waals surface area contributed by atoms with E-state index >= 15 is 0 Å². The van der Waals surface area contributed by atoms with E-state index in [1.165, 1.54) is 28.3 Å². The molecule has 0 aliphatic carbocycles. The van der Waals surface area contributed by atoms with E-state index in [-0.39, 0.29) is 12.5 Å². The maximum absolute atomic E-state index is 11.7. The van der Waals surface area contributed by atoms with E-state index in [0.717, 1.165) is 4.90 Å². The number of ether oxygens (including phenoxy) is 4. The number of nitrogens with zero attached hydrogens (tertiary/aromatic N) is 1. The van der Waals surface area contributed by atoms with Gasteiger partial charge in [0.2, 0.25) is 11.7 Å². The average molecular weight is 295 g/mol. The Labute approximate surface area is 122 Å². The molecular formula is C14H17NO6. The van der Waals surface area contributed by atoms with Crippen molar-refractivity contribution >= 4 is 12.0 Å². The fourth-order valence-electron chi connectivity index (χ4n) is 2.39. The Morgan fingerprint density at radius 1 is 1.19 bits per heavy atom. The molecule has 0 N–H and O–H groups in total. The van der Waals surface area contributed by atoms with Crippen LogP contribution in [0.3, 0.4) is 0 Å². The van der Waals surface area contributed by atoms with E-state index in [0.29, 0.717) is 22.8 Å². The van der Waals surface area contributed by atoms with Gasteiger partial charge in [0.15, 0.2) is 11.5 Å². The molecule has 1 aliphatic heterocycles. The molecule has 0 radical (unpaired) electrons. The molecule has 2 amide bonds. The van der Waals surface area contributed by atoms with Crippen LogP contribution in [0.25, 0.3) is 0 Å². The summed E-state index contributed by atoms with van der Waals surface area (Å²) in [5.74, 6) is 0.920. The first-order valence-electron chi connectivity index (χ1n) is 6.30. The van der Waals surface area contributed by atoms with Crippen molar-refractivity contribution in [2.45, 2.75) is 13.0 Å². The molecule has 7 nitrogen and oxygen atoms in total. The Morgan fingerprint density at radius 3 is 2.38 bits per heavy atom. The van der Waals surface area contributed by atoms with E-state index in [1.54, 1.807) is 12.1 Å². The van der Waals surface area contributed by atoms with Crippen LogP contribution in [-0.2, 0) is 9.53 Å². The number of rotatable bonds is 4. The number of imide groups is 1. The Hall–Kier alpha value is -2.44. The number of carbonyl (C=O) groups is 2. The molecule has 114 valence electrons. The van der Waals surface area contributed by atoms with Crippen molar-refractivity contribution in [1.29, 1.82) is 0 Å². The zero-order valence-corrected chi connectivity index (χ0v) is 12.3. The van der Waals surface area contributed by atoms with Gasteiger partial charge in [-0.2, -0.15) is 0 Å². The smallest absolute Gasteiger partial charge is 0.417 e. The molecular weight excluding hydrogens is 278 g/mol. The molecule has 7 heteroatoms. The standard InChI is InChI=1S/C14H17NO6/c1-8(16)15-10(7-21-14(15)17)9-5-6-11(18-2)13(20-4)12(9)19-3/h5-6,10H,7H2,1-4H3. The van der Waals surface area contributed by atoms with Gasteiger partial charge in [-0.25, -0.2) is 9.69 Å². The Morgan fingerprint density at radius 2 is 1.86 bits per heavy atom. The summed E-state index contributed by atoms with van der Waals surface area (Å²) in [7, 11) is 4.49. The normalized spacial score (nSPS) is 17.4. The summed E-state index contributed by atoms with van der Waals surface area (Å²) in [5.41, 5.74) is 0.621. The third-order valence-electron chi connectivity index (χ3n) is 3.31. The maximum Gasteiger partial charge on any atom is 0.417 e. The molecule has 1 aromatic carbocycles. The minimum absolute atomic E-state index is 0.0737. The zero-order valence-electron chi connectivity index (χ0n) is 12.3. The van der Waals surface area contributed by atoms with Crippen molar-refractivity contribution in [1.82, 2.24) is 4.90 Å². The minimum Gasteiger partial charge on any atom is -0.493 e. The second kappa shape index (κ2) is 5.90. The van der Waals surface area contributed by atoms with Crippen LogP contribution < -0.4 is 14.2 Å². The third-order valence-corrected chi connectivity index (χ3v) is 3.31. The van der Waals surface area contributed by atoms with Crippen LogP contribution in [-0.4, -0.2) is 44.8 Å². The lowest BCUT2D eigenvalue weighted by molar-refractivity contribution is -0.126. The summed E-state index contributed by atoms with van der Waals surface area (Å²) >= 11 is 0. The van der Waals surface area contributed by atoms with Gasteiger partial charge in [-0.05, 0) is 12.1 Å². The van der Waals surface area contributed by atoms with E-state index in [4.69, 9.17) is 18.9 Å². The molecule has 1 atom stereocenters. The van der Waals surface area contributed by atoms with Crippen molar-refractivity contribution in [2.24, 2.45) is 0 Å². The lowest BCUT2D eigenvalue weighted by Gasteiger charge is -2.22. The summed E-state index contributed by atoms with van der Waals surface area (Å²) in [6.45, 7) is 1.39. The van der Waals surface area contributed by atoms with E-state index in [1.807, 2.05) is 0 Å². The number of amides is 2. The first kappa shape index (κ1) is 15.0. The molecule has 2 rings (SSSR count). The van der Waals surface area contributed by atoms with Gasteiger partial charge in [0.05, 0.1) is 21.3 Å². The maximum atomic E-state index is 11.7. The second-order valence-electron chi connectivity index (χ2n) is 4.41. The van der Waals surface area contributed by atoms with Crippen molar-refractivity contribution < 1.29 is 28.5 Å². The zero-order chi connectivity index (χ0) is 15.6. The first-order chi connectivity index (χ1) is 10.0. The van der Waals surface area contributed by atoms with Crippen molar-refractivity contribution in [3.8, 4) is 17.2 Å². The van der Waals surface area contributed by atoms with Gasteiger partial charge in [0.25, 0.3) is 0 Å². The number of hydrogen-bond acceptors (Lipinski definition) is 6. The number of carbonyl (C=O) groups excluding carboxylic acids is 2. The number of hydrogen-bond donors (Lipinski definition) is 0. The van der Waals surface area contributed by atoms with Gasteiger partial charge in [-0.15, -0.1) is 0 Å². The molecule has 1 saturated heterocycles. The van der Waals surface area contributed by atoms with Crippen LogP contribution in [0.4, 0.5) is 4.79 Å². The van der Waals surface area contributed by atoms with E-state index < -0.39 is 12.1 Å². The highest BCUT2D eigenvalue weighted by Crippen LogP contribution is 2.44. The molecule has 0 spiro atoms. The van der Waals surface area contributed by atoms with Gasteiger partial charge in [-0.3, -0.25) is 4.79 Å². The highest BCUT2D eigenvalue weighted by Gasteiger charge is 2.39. The van der Waals surface area contributed by atoms with E-state index in [9.17, 15) is 9.59 Å². The van der Waals surface area contributed by atoms with Gasteiger partial charge in [0, 0.05) is 12.5 Å². The van der Waals surface area contributed by atoms with Crippen molar-refractivity contribution in [3.05, 3.63) is 17.7 Å². The van der Waals surface area contributed by atoms with Crippen molar-refractivity contribution in [3.63, 3.8) is 0 Å². The molecule has 0 bridgehead atoms. The number of methoxy groups -OCH3 is 3. The Kier molecular flexibility index (Phi) is 4.21. The molecule has 1 heterocycles. The van der Waals surface area contributed by atoms with Crippen LogP contribution in [0.5, 0.6) is 17.2 Å². The monoisotopic (exact) mass is 295 g/mol. The number of cyclic esters (lactones) is 1. The lowest BCUT2D eigenvalue weighted by atomic mass is 10.0. The molecule has 1 aromatic rings. The molecule has 1 aliphatic rings. The van der Waals surface area contributed by atoms with Crippen LogP contribution >= 0.6 is 0 Å². The molecule has 0 saturated carbocycles. The molecule has 1 unspecified atom stereocenters. The lowest BCUT2D eigenvalue weighted by Crippen LogP contribution is -2.32. The fraction of sp³-hybridized carbons (Fsp3) is 0.429. The largest absolute Gasteiger partial charge is 0.493 e. The Balaban J connectivity index is 2.53. The van der Waals surface area contributed by atoms with Crippen molar-refractivity contribution in [2.75, 3.05) is 27.9 Å². The first-order valence-corrected chi connectivity index (χ1v) is 6.30. The summed E-state index contributed by atoms with van der Waals surface area (Å²) in [5, 5.41) is 0. The molecule has 0 aromatic heterocycles. The minimum atomic E-state index is -0.663. The summed E-state index contributed by atoms with van der Waals surface area (Å²) in [6.07, 6.45) is -0.663. The second-order valence-corrected chi connectivity index (χ2v) is 4.41. The molecule has 1 fully saturated rings. The quantitative estimate of drug-likeness (QED) is 0.842. The Bertz CT molecular complexity index is 571. The van der Waals surface area contributed by atoms with Crippen LogP contribution in [0.1, 0.15) is 18.5 Å². The summed E-state index contributed by atoms with van der Waals surface area (Å²) in [6, 6.07) is 2.87. The summed E-state index contributed by atoms with van der Waals surface area (Å²) in [4.78, 5) is 24.4. The average Bonchev–Trinajstić information content (AvgIpc) is 2.87. The van der Waals surface area contributed by atoms with E-state index in [2.05, 4.69) is 0 Å². The third kappa shape index (κ3) is 2.46. The topological polar surface area (TPSA) is 74.3 Å². The van der Waals surface area contributed by atoms with Gasteiger partial charge in [0.1, 0.15) is 12.6 Å². The SMILES string of the molecule is COc1ccc(C2COC(=O)N2C(C)=O)c(OC)c1OC. The fourth-order valence-corrected chi connectivity index (χ4v) is 2.39. The van der Waals surface area contributed by atoms with Gasteiger partial charge in [-0.1, -0.05) is 0 Å². The predicted octanol–water partition coefficient (Wildman–Crippen LogP) is 1.75. The van der Waals surface area contributed by atoms with Crippen LogP contribution in [0, 0.1) is 0 Å². The number of benzene rings is 1. The van der Waals surface area contributed by atoms with Crippen LogP contribution in [0.15, 0.2) is 12.1 Å². The highest BCUT2D eigenvalue weighted by molar-refractivity contribution is 5.92. The highest BCUT2D eigenvalue weighted by atomic mass is 16.6.